The molecule has 2 aromatic rings. The van der Waals surface area contributed by atoms with Crippen LogP contribution < -0.4 is 0 Å². The van der Waals surface area contributed by atoms with Crippen molar-refractivity contribution in [1.82, 2.24) is 9.88 Å². The van der Waals surface area contributed by atoms with Crippen molar-refractivity contribution in [1.29, 1.82) is 0 Å². The van der Waals surface area contributed by atoms with Gasteiger partial charge >= 0.3 is 5.97 Å². The number of benzene rings is 1. The Balaban J connectivity index is 1.82. The molecule has 0 saturated heterocycles. The van der Waals surface area contributed by atoms with Gasteiger partial charge < -0.3 is 14.6 Å². The molecule has 0 aliphatic carbocycles. The number of allylic oxidation sites excluding steroid dienone is 1. The fraction of sp³-hybridized carbons (Fsp3) is 0.318. The van der Waals surface area contributed by atoms with Crippen molar-refractivity contribution in [2.24, 2.45) is 0 Å². The maximum Gasteiger partial charge on any atom is 0.340 e. The van der Waals surface area contributed by atoms with E-state index in [9.17, 15) is 4.79 Å². The van der Waals surface area contributed by atoms with Crippen LogP contribution >= 0.6 is 0 Å². The average molecular weight is 350 g/mol. The van der Waals surface area contributed by atoms with Crippen LogP contribution in [0.25, 0.3) is 11.6 Å². The summed E-state index contributed by atoms with van der Waals surface area (Å²) in [6, 6.07) is 10.4. The van der Waals surface area contributed by atoms with Gasteiger partial charge in [0.1, 0.15) is 0 Å². The lowest BCUT2D eigenvalue weighted by molar-refractivity contribution is -0.140. The second-order valence-corrected chi connectivity index (χ2v) is 6.88. The number of rotatable bonds is 5. The summed E-state index contributed by atoms with van der Waals surface area (Å²) < 4.78 is 5.39. The summed E-state index contributed by atoms with van der Waals surface area (Å²) in [6.45, 7) is 9.29. The fourth-order valence-electron chi connectivity index (χ4n) is 3.30. The third kappa shape index (κ3) is 3.74. The van der Waals surface area contributed by atoms with E-state index in [0.29, 0.717) is 5.57 Å². The van der Waals surface area contributed by atoms with E-state index in [0.717, 1.165) is 30.0 Å². The van der Waals surface area contributed by atoms with E-state index >= 15 is 0 Å². The second-order valence-electron chi connectivity index (χ2n) is 6.88. The summed E-state index contributed by atoms with van der Waals surface area (Å²) in [6.07, 6.45) is 5.93. The Morgan fingerprint density at radius 2 is 2.04 bits per heavy atom. The van der Waals surface area contributed by atoms with Crippen LogP contribution in [0.1, 0.15) is 48.8 Å². The van der Waals surface area contributed by atoms with Gasteiger partial charge in [-0.2, -0.15) is 0 Å². The maximum atomic E-state index is 12.4. The van der Waals surface area contributed by atoms with E-state index in [1.807, 2.05) is 39.8 Å². The number of carbonyl (C=O) groups is 1. The van der Waals surface area contributed by atoms with Gasteiger partial charge in [-0.25, -0.2) is 4.79 Å². The van der Waals surface area contributed by atoms with E-state index < -0.39 is 0 Å². The van der Waals surface area contributed by atoms with Crippen LogP contribution in [0.4, 0.5) is 0 Å². The highest BCUT2D eigenvalue weighted by molar-refractivity contribution is 6.16. The first-order valence-electron chi connectivity index (χ1n) is 9.05. The number of carbonyl (C=O) groups excluding carboxylic acids is 1. The van der Waals surface area contributed by atoms with Crippen molar-refractivity contribution in [3.05, 3.63) is 70.7 Å². The Bertz CT molecular complexity index is 845. The summed E-state index contributed by atoms with van der Waals surface area (Å²) in [5, 5.41) is 0. The predicted octanol–water partition coefficient (Wildman–Crippen LogP) is 4.66. The zero-order valence-corrected chi connectivity index (χ0v) is 15.9. The van der Waals surface area contributed by atoms with Gasteiger partial charge in [-0.05, 0) is 44.9 Å². The number of H-pyrrole nitrogens is 1. The highest BCUT2D eigenvalue weighted by Gasteiger charge is 2.23. The van der Waals surface area contributed by atoms with E-state index in [1.165, 1.54) is 11.1 Å². The molecule has 26 heavy (non-hydrogen) atoms. The molecule has 1 aliphatic rings. The monoisotopic (exact) mass is 350 g/mol. The van der Waals surface area contributed by atoms with Crippen LogP contribution in [0.5, 0.6) is 0 Å². The Morgan fingerprint density at radius 1 is 1.31 bits per heavy atom. The SMILES string of the molecule is C/C=C(/C(=O)OC(C)C)c1[nH]c2c(c1C)C=CN(Cc1ccccc1)C2. The second kappa shape index (κ2) is 7.65. The smallest absolute Gasteiger partial charge is 0.340 e. The first-order valence-corrected chi connectivity index (χ1v) is 9.05. The highest BCUT2D eigenvalue weighted by Crippen LogP contribution is 2.30. The number of esters is 1. The normalized spacial score (nSPS) is 13.9. The summed E-state index contributed by atoms with van der Waals surface area (Å²) >= 11 is 0. The molecule has 0 bridgehead atoms. The van der Waals surface area contributed by atoms with Gasteiger partial charge in [0.05, 0.1) is 23.9 Å². The number of nitrogens with zero attached hydrogens (tertiary/aromatic N) is 1. The number of fused-ring (bicyclic) bond motifs is 1. The molecular weight excluding hydrogens is 324 g/mol. The van der Waals surface area contributed by atoms with Gasteiger partial charge in [0, 0.05) is 24.0 Å². The van der Waals surface area contributed by atoms with Crippen LogP contribution in [-0.4, -0.2) is 22.0 Å². The Morgan fingerprint density at radius 3 is 2.69 bits per heavy atom. The molecule has 4 nitrogen and oxygen atoms in total. The van der Waals surface area contributed by atoms with E-state index in [4.69, 9.17) is 4.74 Å². The van der Waals surface area contributed by atoms with Crippen molar-refractivity contribution in [2.75, 3.05) is 0 Å². The maximum absolute atomic E-state index is 12.4. The van der Waals surface area contributed by atoms with Crippen molar-refractivity contribution in [2.45, 2.75) is 46.9 Å². The Kier molecular flexibility index (Phi) is 5.31. The quantitative estimate of drug-likeness (QED) is 0.630. The number of hydrogen-bond acceptors (Lipinski definition) is 3. The Hall–Kier alpha value is -2.75. The van der Waals surface area contributed by atoms with Gasteiger partial charge in [-0.1, -0.05) is 36.4 Å². The van der Waals surface area contributed by atoms with Crippen molar-refractivity contribution < 1.29 is 9.53 Å². The summed E-state index contributed by atoms with van der Waals surface area (Å²) in [4.78, 5) is 18.1. The van der Waals surface area contributed by atoms with E-state index in [1.54, 1.807) is 0 Å². The number of nitrogens with one attached hydrogen (secondary N) is 1. The molecule has 1 N–H and O–H groups in total. The van der Waals surface area contributed by atoms with Crippen LogP contribution in [0.15, 0.2) is 42.6 Å². The molecule has 3 rings (SSSR count). The molecule has 1 aromatic heterocycles. The molecule has 2 heterocycles. The molecule has 0 spiro atoms. The van der Waals surface area contributed by atoms with Crippen molar-refractivity contribution in [3.63, 3.8) is 0 Å². The zero-order valence-electron chi connectivity index (χ0n) is 15.9. The van der Waals surface area contributed by atoms with E-state index in [-0.39, 0.29) is 12.1 Å². The molecule has 0 unspecified atom stereocenters. The molecular formula is C22H26N2O2. The van der Waals surface area contributed by atoms with Gasteiger partial charge in [-0.15, -0.1) is 0 Å². The average Bonchev–Trinajstić information content (AvgIpc) is 2.92. The molecule has 0 atom stereocenters. The third-order valence-corrected chi connectivity index (χ3v) is 4.54. The minimum atomic E-state index is -0.283. The lowest BCUT2D eigenvalue weighted by Gasteiger charge is -2.23. The van der Waals surface area contributed by atoms with Crippen LogP contribution in [0.2, 0.25) is 0 Å². The minimum absolute atomic E-state index is 0.136. The lowest BCUT2D eigenvalue weighted by atomic mass is 10.0. The summed E-state index contributed by atoms with van der Waals surface area (Å²) in [5.74, 6) is -0.283. The molecule has 0 fully saturated rings. The van der Waals surface area contributed by atoms with Crippen molar-refractivity contribution in [3.8, 4) is 0 Å². The molecule has 0 radical (unpaired) electrons. The molecule has 1 aromatic carbocycles. The summed E-state index contributed by atoms with van der Waals surface area (Å²) in [5.41, 5.74) is 6.11. The summed E-state index contributed by atoms with van der Waals surface area (Å²) in [7, 11) is 0. The number of hydrogen-bond donors (Lipinski definition) is 1. The standard InChI is InChI=1S/C22H26N2O2/c1-5-18(22(25)26-15(2)3)21-16(4)19-11-12-24(14-20(19)23-21)13-17-9-7-6-8-10-17/h5-12,15,23H,13-14H2,1-4H3/b18-5+. The largest absolute Gasteiger partial charge is 0.459 e. The highest BCUT2D eigenvalue weighted by atomic mass is 16.5. The number of aromatic nitrogens is 1. The third-order valence-electron chi connectivity index (χ3n) is 4.54. The van der Waals surface area contributed by atoms with Gasteiger partial charge in [0.15, 0.2) is 0 Å². The predicted molar refractivity (Wildman–Crippen MR) is 105 cm³/mol. The first-order chi connectivity index (χ1) is 12.5. The van der Waals surface area contributed by atoms with Crippen LogP contribution in [0, 0.1) is 6.92 Å². The van der Waals surface area contributed by atoms with Crippen LogP contribution in [-0.2, 0) is 22.6 Å². The van der Waals surface area contributed by atoms with Gasteiger partial charge in [0.25, 0.3) is 0 Å². The molecule has 0 saturated carbocycles. The van der Waals surface area contributed by atoms with Crippen LogP contribution in [0.3, 0.4) is 0 Å². The first kappa shape index (κ1) is 18.1. The molecule has 4 heteroatoms. The van der Waals surface area contributed by atoms with E-state index in [2.05, 4.69) is 46.4 Å². The van der Waals surface area contributed by atoms with Gasteiger partial charge in [-0.3, -0.25) is 0 Å². The van der Waals surface area contributed by atoms with Gasteiger partial charge in [0.2, 0.25) is 0 Å². The molecule has 1 aliphatic heterocycles. The fourth-order valence-corrected chi connectivity index (χ4v) is 3.30. The minimum Gasteiger partial charge on any atom is -0.459 e. The number of ether oxygens (including phenoxy) is 1. The zero-order chi connectivity index (χ0) is 18.7. The number of aromatic amines is 1. The molecule has 0 amide bonds. The topological polar surface area (TPSA) is 45.3 Å². The molecule has 136 valence electrons. The lowest BCUT2D eigenvalue weighted by Crippen LogP contribution is -2.19. The van der Waals surface area contributed by atoms with Crippen molar-refractivity contribution >= 4 is 17.6 Å². The Labute approximate surface area is 155 Å².